The first-order chi connectivity index (χ1) is 8.32. The fourth-order valence-corrected chi connectivity index (χ4v) is 1.03. The lowest BCUT2D eigenvalue weighted by Gasteiger charge is -2.09. The van der Waals surface area contributed by atoms with Gasteiger partial charge in [-0.25, -0.2) is 4.79 Å². The number of hydrogen-bond donors (Lipinski definition) is 3. The molecule has 0 bridgehead atoms. The summed E-state index contributed by atoms with van der Waals surface area (Å²) < 4.78 is 35.9. The molecule has 5 nitrogen and oxygen atoms in total. The van der Waals surface area contributed by atoms with Gasteiger partial charge >= 0.3 is 18.1 Å². The Kier molecular flexibility index (Phi) is 4.13. The Morgan fingerprint density at radius 3 is 1.83 bits per heavy atom. The molecule has 0 aliphatic rings. The Morgan fingerprint density at radius 1 is 1.00 bits per heavy atom. The minimum atomic E-state index is -4.93. The molecule has 0 saturated carbocycles. The normalized spacial score (nSPS) is 10.7. The molecule has 0 saturated heterocycles. The summed E-state index contributed by atoms with van der Waals surface area (Å²) in [5, 5.41) is 6.41. The van der Waals surface area contributed by atoms with Gasteiger partial charge in [0, 0.05) is 18.4 Å². The minimum absolute atomic E-state index is 0.0141. The highest BCUT2D eigenvalue weighted by atomic mass is 19.4. The molecule has 1 aromatic rings. The molecule has 0 aliphatic heterocycles. The average Bonchev–Trinajstić information content (AvgIpc) is 2.30. The molecule has 3 N–H and O–H groups in total. The van der Waals surface area contributed by atoms with Gasteiger partial charge in [-0.05, 0) is 24.3 Å². The van der Waals surface area contributed by atoms with E-state index in [4.69, 9.17) is 0 Å². The van der Waals surface area contributed by atoms with Gasteiger partial charge in [0.1, 0.15) is 0 Å². The van der Waals surface area contributed by atoms with E-state index >= 15 is 0 Å². The van der Waals surface area contributed by atoms with Gasteiger partial charge in [-0.1, -0.05) is 0 Å². The third-order valence-electron chi connectivity index (χ3n) is 1.89. The number of halogens is 3. The van der Waals surface area contributed by atoms with Crippen molar-refractivity contribution >= 4 is 23.3 Å². The smallest absolute Gasteiger partial charge is 0.341 e. The molecular weight excluding hydrogens is 251 g/mol. The summed E-state index contributed by atoms with van der Waals surface area (Å²) in [6, 6.07) is 4.76. The molecule has 0 aromatic heterocycles. The molecule has 0 fully saturated rings. The number of amides is 3. The van der Waals surface area contributed by atoms with Crippen LogP contribution in [0.3, 0.4) is 0 Å². The van der Waals surface area contributed by atoms with Crippen LogP contribution in [0.25, 0.3) is 0 Å². The van der Waals surface area contributed by atoms with Gasteiger partial charge in [-0.15, -0.1) is 0 Å². The van der Waals surface area contributed by atoms with E-state index in [1.165, 1.54) is 31.3 Å². The second-order valence-corrected chi connectivity index (χ2v) is 3.23. The Morgan fingerprint density at radius 2 is 1.44 bits per heavy atom. The van der Waals surface area contributed by atoms with E-state index in [0.29, 0.717) is 5.69 Å². The van der Waals surface area contributed by atoms with Gasteiger partial charge in [0.2, 0.25) is 0 Å². The van der Waals surface area contributed by atoms with Crippen LogP contribution in [0.5, 0.6) is 0 Å². The van der Waals surface area contributed by atoms with Gasteiger partial charge in [0.15, 0.2) is 0 Å². The molecule has 98 valence electrons. The van der Waals surface area contributed by atoms with E-state index < -0.39 is 18.1 Å². The Labute approximate surface area is 100 Å². The molecule has 1 aromatic carbocycles. The number of anilines is 2. The number of rotatable bonds is 2. The first kappa shape index (κ1) is 13.8. The summed E-state index contributed by atoms with van der Waals surface area (Å²) in [7, 11) is 1.42. The Balaban J connectivity index is 2.66. The van der Waals surface area contributed by atoms with Crippen LogP contribution in [0.15, 0.2) is 24.3 Å². The highest BCUT2D eigenvalue weighted by molar-refractivity contribution is 5.95. The summed E-state index contributed by atoms with van der Waals surface area (Å²) in [4.78, 5) is 21.6. The summed E-state index contributed by atoms with van der Waals surface area (Å²) in [6.07, 6.45) is -4.93. The van der Waals surface area contributed by atoms with E-state index in [1.807, 2.05) is 0 Å². The van der Waals surface area contributed by atoms with Crippen LogP contribution < -0.4 is 16.0 Å². The van der Waals surface area contributed by atoms with Gasteiger partial charge in [-0.2, -0.15) is 13.2 Å². The van der Waals surface area contributed by atoms with Crippen molar-refractivity contribution < 1.29 is 22.8 Å². The summed E-state index contributed by atoms with van der Waals surface area (Å²) in [5.74, 6) is -2.05. The lowest BCUT2D eigenvalue weighted by molar-refractivity contribution is -0.167. The van der Waals surface area contributed by atoms with Crippen LogP contribution in [0, 0.1) is 0 Å². The molecule has 0 unspecified atom stereocenters. The van der Waals surface area contributed by atoms with Crippen LogP contribution >= 0.6 is 0 Å². The van der Waals surface area contributed by atoms with Crippen LogP contribution in [-0.4, -0.2) is 25.2 Å². The van der Waals surface area contributed by atoms with Gasteiger partial charge in [0.05, 0.1) is 0 Å². The zero-order chi connectivity index (χ0) is 13.8. The molecule has 0 radical (unpaired) electrons. The van der Waals surface area contributed by atoms with E-state index in [-0.39, 0.29) is 5.69 Å². The van der Waals surface area contributed by atoms with Crippen molar-refractivity contribution in [2.75, 3.05) is 17.7 Å². The Bertz CT molecular complexity index is 443. The molecular formula is C10H10F3N3O2. The van der Waals surface area contributed by atoms with Crippen molar-refractivity contribution in [2.45, 2.75) is 6.18 Å². The number of hydrogen-bond acceptors (Lipinski definition) is 2. The number of nitrogens with one attached hydrogen (secondary N) is 3. The first-order valence-electron chi connectivity index (χ1n) is 4.80. The van der Waals surface area contributed by atoms with E-state index in [1.54, 1.807) is 5.32 Å². The molecule has 1 rings (SSSR count). The zero-order valence-electron chi connectivity index (χ0n) is 9.26. The maximum atomic E-state index is 12.0. The Hall–Kier alpha value is -2.25. The molecule has 0 aliphatic carbocycles. The average molecular weight is 261 g/mol. The summed E-state index contributed by atoms with van der Waals surface area (Å²) >= 11 is 0. The number of carbonyl (C=O) groups is 2. The standard InChI is InChI=1S/C10H10F3N3O2/c1-14-9(18)16-7-4-2-6(3-5-7)15-8(17)10(11,12)13/h2-5H,1H3,(H,15,17)(H2,14,16,18). The van der Waals surface area contributed by atoms with Gasteiger partial charge in [-0.3, -0.25) is 4.79 Å². The van der Waals surface area contributed by atoms with E-state index in [2.05, 4.69) is 10.6 Å². The monoisotopic (exact) mass is 261 g/mol. The number of benzene rings is 1. The number of alkyl halides is 3. The van der Waals surface area contributed by atoms with E-state index in [0.717, 1.165) is 0 Å². The van der Waals surface area contributed by atoms with Crippen LogP contribution in [-0.2, 0) is 4.79 Å². The topological polar surface area (TPSA) is 70.2 Å². The van der Waals surface area contributed by atoms with E-state index in [9.17, 15) is 22.8 Å². The molecule has 0 heterocycles. The maximum Gasteiger partial charge on any atom is 0.471 e. The molecule has 0 spiro atoms. The van der Waals surface area contributed by atoms with Crippen LogP contribution in [0.1, 0.15) is 0 Å². The molecule has 18 heavy (non-hydrogen) atoms. The lowest BCUT2D eigenvalue weighted by Crippen LogP contribution is -2.29. The maximum absolute atomic E-state index is 12.0. The fourth-order valence-electron chi connectivity index (χ4n) is 1.03. The van der Waals surface area contributed by atoms with Crippen LogP contribution in [0.2, 0.25) is 0 Å². The lowest BCUT2D eigenvalue weighted by atomic mass is 10.3. The van der Waals surface area contributed by atoms with Gasteiger partial charge in [0.25, 0.3) is 0 Å². The third kappa shape index (κ3) is 3.96. The minimum Gasteiger partial charge on any atom is -0.341 e. The van der Waals surface area contributed by atoms with Crippen molar-refractivity contribution in [3.05, 3.63) is 24.3 Å². The fraction of sp³-hybridized carbons (Fsp3) is 0.200. The van der Waals surface area contributed by atoms with Crippen molar-refractivity contribution in [2.24, 2.45) is 0 Å². The second-order valence-electron chi connectivity index (χ2n) is 3.23. The SMILES string of the molecule is CNC(=O)Nc1ccc(NC(=O)C(F)(F)F)cc1. The summed E-state index contributed by atoms with van der Waals surface area (Å²) in [5.41, 5.74) is 0.374. The number of urea groups is 1. The molecule has 3 amide bonds. The van der Waals surface area contributed by atoms with Crippen molar-refractivity contribution in [1.82, 2.24) is 5.32 Å². The van der Waals surface area contributed by atoms with Gasteiger partial charge < -0.3 is 16.0 Å². The molecule has 8 heteroatoms. The summed E-state index contributed by atoms with van der Waals surface area (Å²) in [6.45, 7) is 0. The quantitative estimate of drug-likeness (QED) is 0.761. The number of carbonyl (C=O) groups excluding carboxylic acids is 2. The molecule has 0 atom stereocenters. The highest BCUT2D eigenvalue weighted by Crippen LogP contribution is 2.19. The second kappa shape index (κ2) is 5.39. The van der Waals surface area contributed by atoms with Crippen molar-refractivity contribution in [3.63, 3.8) is 0 Å². The highest BCUT2D eigenvalue weighted by Gasteiger charge is 2.38. The van der Waals surface area contributed by atoms with Crippen LogP contribution in [0.4, 0.5) is 29.3 Å². The van der Waals surface area contributed by atoms with Crippen molar-refractivity contribution in [3.8, 4) is 0 Å². The first-order valence-corrected chi connectivity index (χ1v) is 4.80. The third-order valence-corrected chi connectivity index (χ3v) is 1.89. The predicted octanol–water partition coefficient (Wildman–Crippen LogP) is 1.94. The predicted molar refractivity (Wildman–Crippen MR) is 59.2 cm³/mol. The largest absolute Gasteiger partial charge is 0.471 e. The zero-order valence-corrected chi connectivity index (χ0v) is 9.26. The van der Waals surface area contributed by atoms with Crippen molar-refractivity contribution in [1.29, 1.82) is 0 Å².